The Morgan fingerprint density at radius 3 is 2.02 bits per heavy atom. The van der Waals surface area contributed by atoms with Crippen molar-refractivity contribution in [2.75, 3.05) is 18.6 Å². The maximum absolute atomic E-state index is 12.9. The van der Waals surface area contributed by atoms with Gasteiger partial charge in [-0.1, -0.05) is 114 Å². The van der Waals surface area contributed by atoms with Crippen LogP contribution in [0.3, 0.4) is 0 Å². The van der Waals surface area contributed by atoms with Gasteiger partial charge in [0.25, 0.3) is 0 Å². The molecule has 0 aliphatic heterocycles. The third-order valence-corrected chi connectivity index (χ3v) is 8.24. The summed E-state index contributed by atoms with van der Waals surface area (Å²) in [5, 5.41) is 2.07. The first-order valence-electron chi connectivity index (χ1n) is 15.7. The predicted octanol–water partition coefficient (Wildman–Crippen LogP) is 9.12. The summed E-state index contributed by atoms with van der Waals surface area (Å²) in [6.07, 6.45) is 18.4. The lowest BCUT2D eigenvalue weighted by atomic mass is 10.1. The van der Waals surface area contributed by atoms with E-state index in [0.717, 1.165) is 35.7 Å². The molecule has 3 aromatic rings. The summed E-state index contributed by atoms with van der Waals surface area (Å²) in [6, 6.07) is 14.3. The number of amides is 1. The van der Waals surface area contributed by atoms with Crippen molar-refractivity contribution in [2.45, 2.75) is 110 Å². The Labute approximate surface area is 252 Å². The van der Waals surface area contributed by atoms with Crippen molar-refractivity contribution in [1.29, 1.82) is 0 Å². The van der Waals surface area contributed by atoms with Gasteiger partial charge in [-0.15, -0.1) is 0 Å². The number of aromatic nitrogens is 1. The highest BCUT2D eigenvalue weighted by atomic mass is 32.1. The highest BCUT2D eigenvalue weighted by Gasteiger charge is 2.17. The minimum atomic E-state index is 0.0970. The SMILES string of the molecule is CCCCCCCCCCCCCCOc1cc(CN(C(=O)CC)c2ccc(C[n+]3ccsc3)cc2)ccc1OC. The third kappa shape index (κ3) is 11.9. The average Bonchev–Trinajstić information content (AvgIpc) is 3.51. The van der Waals surface area contributed by atoms with Crippen molar-refractivity contribution in [3.63, 3.8) is 0 Å². The number of methoxy groups -OCH3 is 1. The number of hydrogen-bond acceptors (Lipinski definition) is 4. The van der Waals surface area contributed by atoms with Crippen LogP contribution in [0.25, 0.3) is 0 Å². The van der Waals surface area contributed by atoms with Crippen molar-refractivity contribution in [3.05, 3.63) is 70.7 Å². The first kappa shape index (κ1) is 32.7. The molecule has 41 heavy (non-hydrogen) atoms. The Hall–Kier alpha value is -2.86. The molecule has 0 bridgehead atoms. The van der Waals surface area contributed by atoms with Gasteiger partial charge in [-0.3, -0.25) is 4.79 Å². The highest BCUT2D eigenvalue weighted by Crippen LogP contribution is 2.30. The van der Waals surface area contributed by atoms with Gasteiger partial charge in [0.2, 0.25) is 11.4 Å². The highest BCUT2D eigenvalue weighted by molar-refractivity contribution is 7.07. The molecule has 6 heteroatoms. The molecule has 3 rings (SSSR count). The molecule has 0 saturated carbocycles. The summed E-state index contributed by atoms with van der Waals surface area (Å²) < 4.78 is 13.9. The number of carbonyl (C=O) groups is 1. The van der Waals surface area contributed by atoms with Gasteiger partial charge in [0.05, 0.1) is 25.6 Å². The Balaban J connectivity index is 1.46. The van der Waals surface area contributed by atoms with Crippen LogP contribution in [0.1, 0.15) is 108 Å². The van der Waals surface area contributed by atoms with Crippen LogP contribution < -0.4 is 18.9 Å². The Morgan fingerprint density at radius 1 is 0.805 bits per heavy atom. The molecule has 0 saturated heterocycles. The van der Waals surface area contributed by atoms with Crippen LogP contribution in [0.2, 0.25) is 0 Å². The van der Waals surface area contributed by atoms with Gasteiger partial charge >= 0.3 is 0 Å². The lowest BCUT2D eigenvalue weighted by Gasteiger charge is -2.23. The van der Waals surface area contributed by atoms with E-state index in [1.165, 1.54) is 76.2 Å². The van der Waals surface area contributed by atoms with Crippen LogP contribution in [0.4, 0.5) is 5.69 Å². The van der Waals surface area contributed by atoms with E-state index < -0.39 is 0 Å². The summed E-state index contributed by atoms with van der Waals surface area (Å²) in [6.45, 7) is 6.18. The number of rotatable bonds is 21. The van der Waals surface area contributed by atoms with E-state index in [4.69, 9.17) is 9.47 Å². The van der Waals surface area contributed by atoms with Gasteiger partial charge in [0.1, 0.15) is 0 Å². The standard InChI is InChI=1S/C35H51N2O3S/c1-4-6-7-8-9-10-11-12-13-14-15-16-24-40-34-26-31(19-22-33(34)39-3)28-37(35(38)5-2)32-20-17-30(18-21-32)27-36-23-25-41-29-36/h17-23,25-26,29H,4-16,24,27-28H2,1-3H3/q+1. The molecule has 1 heterocycles. The fraction of sp³-hybridized carbons (Fsp3) is 0.543. The zero-order valence-electron chi connectivity index (χ0n) is 25.6. The first-order valence-corrected chi connectivity index (χ1v) is 16.7. The van der Waals surface area contributed by atoms with Gasteiger partial charge in [0.15, 0.2) is 24.2 Å². The quantitative estimate of drug-likeness (QED) is 0.0933. The van der Waals surface area contributed by atoms with E-state index in [0.29, 0.717) is 19.6 Å². The molecule has 0 aliphatic carbocycles. The maximum atomic E-state index is 12.9. The third-order valence-electron chi connectivity index (χ3n) is 7.57. The Kier molecular flexibility index (Phi) is 15.4. The van der Waals surface area contributed by atoms with E-state index in [1.54, 1.807) is 18.4 Å². The van der Waals surface area contributed by atoms with Crippen molar-refractivity contribution in [3.8, 4) is 11.5 Å². The minimum absolute atomic E-state index is 0.0970. The van der Waals surface area contributed by atoms with Crippen molar-refractivity contribution in [1.82, 2.24) is 0 Å². The van der Waals surface area contributed by atoms with Crippen LogP contribution in [-0.2, 0) is 17.9 Å². The topological polar surface area (TPSA) is 42.7 Å². The Morgan fingerprint density at radius 2 is 1.44 bits per heavy atom. The molecule has 0 spiro atoms. The number of hydrogen-bond donors (Lipinski definition) is 0. The number of thiazole rings is 1. The predicted molar refractivity (Wildman–Crippen MR) is 171 cm³/mol. The average molecular weight is 580 g/mol. The van der Waals surface area contributed by atoms with Crippen molar-refractivity contribution < 1.29 is 18.8 Å². The molecule has 0 fully saturated rings. The van der Waals surface area contributed by atoms with Gasteiger partial charge in [-0.25, -0.2) is 0 Å². The summed E-state index contributed by atoms with van der Waals surface area (Å²) in [5.41, 5.74) is 5.24. The molecule has 0 aliphatic rings. The molecule has 0 radical (unpaired) electrons. The van der Waals surface area contributed by atoms with E-state index in [2.05, 4.69) is 40.7 Å². The second kappa shape index (κ2) is 19.3. The summed E-state index contributed by atoms with van der Waals surface area (Å²) in [5.74, 6) is 1.58. The van der Waals surface area contributed by atoms with Gasteiger partial charge in [-0.2, -0.15) is 4.57 Å². The fourth-order valence-electron chi connectivity index (χ4n) is 5.10. The van der Waals surface area contributed by atoms with Crippen LogP contribution in [0.15, 0.2) is 59.6 Å². The van der Waals surface area contributed by atoms with Crippen molar-refractivity contribution >= 4 is 22.9 Å². The van der Waals surface area contributed by atoms with Crippen LogP contribution in [0, 0.1) is 0 Å². The molecular formula is C35H51N2O3S+. The maximum Gasteiger partial charge on any atom is 0.227 e. The number of unbranched alkanes of at least 4 members (excludes halogenated alkanes) is 11. The fourth-order valence-corrected chi connectivity index (χ4v) is 5.70. The first-order chi connectivity index (χ1) is 20.1. The van der Waals surface area contributed by atoms with E-state index in [9.17, 15) is 4.79 Å². The smallest absolute Gasteiger partial charge is 0.227 e. The normalized spacial score (nSPS) is 11.0. The Bertz CT molecular complexity index is 1110. The summed E-state index contributed by atoms with van der Waals surface area (Å²) >= 11 is 1.68. The molecule has 5 nitrogen and oxygen atoms in total. The molecule has 224 valence electrons. The number of nitrogens with zero attached hydrogens (tertiary/aromatic N) is 2. The zero-order valence-corrected chi connectivity index (χ0v) is 26.4. The second-order valence-electron chi connectivity index (χ2n) is 10.9. The lowest BCUT2D eigenvalue weighted by molar-refractivity contribution is -0.683. The molecule has 0 N–H and O–H groups in total. The van der Waals surface area contributed by atoms with Crippen molar-refractivity contribution in [2.24, 2.45) is 0 Å². The van der Waals surface area contributed by atoms with Gasteiger partial charge in [-0.05, 0) is 36.2 Å². The van der Waals surface area contributed by atoms with Gasteiger partial charge in [0, 0.05) is 17.7 Å². The zero-order chi connectivity index (χ0) is 29.1. The molecule has 1 aromatic heterocycles. The second-order valence-corrected chi connectivity index (χ2v) is 11.7. The number of benzene rings is 2. The van der Waals surface area contributed by atoms with E-state index in [-0.39, 0.29) is 5.91 Å². The summed E-state index contributed by atoms with van der Waals surface area (Å²) in [4.78, 5) is 14.8. The summed E-state index contributed by atoms with van der Waals surface area (Å²) in [7, 11) is 1.68. The van der Waals surface area contributed by atoms with Crippen LogP contribution in [-0.4, -0.2) is 19.6 Å². The number of carbonyl (C=O) groups excluding carboxylic acids is 1. The molecule has 0 unspecified atom stereocenters. The lowest BCUT2D eigenvalue weighted by Crippen LogP contribution is -2.31. The largest absolute Gasteiger partial charge is 0.493 e. The monoisotopic (exact) mass is 579 g/mol. The van der Waals surface area contributed by atoms with E-state index in [1.807, 2.05) is 42.2 Å². The van der Waals surface area contributed by atoms with Gasteiger partial charge < -0.3 is 14.4 Å². The van der Waals surface area contributed by atoms with E-state index >= 15 is 0 Å². The van der Waals surface area contributed by atoms with Crippen LogP contribution >= 0.6 is 11.3 Å². The molecular weight excluding hydrogens is 528 g/mol. The van der Waals surface area contributed by atoms with Crippen LogP contribution in [0.5, 0.6) is 11.5 Å². The minimum Gasteiger partial charge on any atom is -0.493 e. The number of ether oxygens (including phenoxy) is 2. The molecule has 0 atom stereocenters. The molecule has 2 aromatic carbocycles. The number of anilines is 1. The molecule has 1 amide bonds.